The molecule has 0 radical (unpaired) electrons. The van der Waals surface area contributed by atoms with Gasteiger partial charge in [0.1, 0.15) is 11.6 Å². The molecule has 3 aromatic rings. The minimum Gasteiger partial charge on any atom is -0.497 e. The SMILES string of the molecule is C=CCN(Cc1cnc(S(=O)(=O)Cc2ccccc2F)n1CC1CCCO1)C(=O)c1ccc(OC)cc1. The fourth-order valence-electron chi connectivity index (χ4n) is 4.33. The number of benzene rings is 2. The molecule has 0 N–H and O–H groups in total. The topological polar surface area (TPSA) is 90.7 Å². The lowest BCUT2D eigenvalue weighted by molar-refractivity contribution is 0.0751. The van der Waals surface area contributed by atoms with Gasteiger partial charge in [0.15, 0.2) is 0 Å². The third-order valence-electron chi connectivity index (χ3n) is 6.22. The van der Waals surface area contributed by atoms with Crippen LogP contribution >= 0.6 is 0 Å². The molecule has 1 aliphatic heterocycles. The molecule has 1 amide bonds. The summed E-state index contributed by atoms with van der Waals surface area (Å²) in [6.07, 6.45) is 4.55. The van der Waals surface area contributed by atoms with E-state index in [0.717, 1.165) is 12.8 Å². The molecule has 1 atom stereocenters. The lowest BCUT2D eigenvalue weighted by Crippen LogP contribution is -2.32. The number of halogens is 1. The molecule has 8 nitrogen and oxygen atoms in total. The maximum atomic E-state index is 14.3. The largest absolute Gasteiger partial charge is 0.497 e. The Morgan fingerprint density at radius 1 is 1.27 bits per heavy atom. The van der Waals surface area contributed by atoms with Crippen LogP contribution in [0.5, 0.6) is 5.75 Å². The number of ether oxygens (including phenoxy) is 2. The zero-order chi connectivity index (χ0) is 26.4. The minimum absolute atomic E-state index is 0.0682. The van der Waals surface area contributed by atoms with Crippen molar-refractivity contribution in [2.24, 2.45) is 0 Å². The van der Waals surface area contributed by atoms with Crippen LogP contribution < -0.4 is 4.74 Å². The van der Waals surface area contributed by atoms with Crippen molar-refractivity contribution >= 4 is 15.7 Å². The fraction of sp³-hybridized carbons (Fsp3) is 0.333. The van der Waals surface area contributed by atoms with Gasteiger partial charge in [-0.25, -0.2) is 17.8 Å². The summed E-state index contributed by atoms with van der Waals surface area (Å²) in [6, 6.07) is 12.5. The summed E-state index contributed by atoms with van der Waals surface area (Å²) >= 11 is 0. The Morgan fingerprint density at radius 2 is 2.03 bits per heavy atom. The van der Waals surface area contributed by atoms with Gasteiger partial charge >= 0.3 is 0 Å². The molecular formula is C27H30FN3O5S. The number of carbonyl (C=O) groups is 1. The van der Waals surface area contributed by atoms with Gasteiger partial charge in [0.2, 0.25) is 15.0 Å². The van der Waals surface area contributed by atoms with Crippen LogP contribution in [0.1, 0.15) is 34.5 Å². The molecule has 1 unspecified atom stereocenters. The first-order valence-electron chi connectivity index (χ1n) is 12.0. The van der Waals surface area contributed by atoms with E-state index in [2.05, 4.69) is 11.6 Å². The van der Waals surface area contributed by atoms with Gasteiger partial charge in [0.05, 0.1) is 43.9 Å². The molecular weight excluding hydrogens is 497 g/mol. The van der Waals surface area contributed by atoms with Crippen molar-refractivity contribution in [3.8, 4) is 5.75 Å². The van der Waals surface area contributed by atoms with E-state index in [1.807, 2.05) is 0 Å². The predicted octanol–water partition coefficient (Wildman–Crippen LogP) is 4.01. The Kier molecular flexibility index (Phi) is 8.40. The number of carbonyl (C=O) groups excluding carboxylic acids is 1. The highest BCUT2D eigenvalue weighted by molar-refractivity contribution is 7.90. The van der Waals surface area contributed by atoms with Crippen molar-refractivity contribution in [3.63, 3.8) is 0 Å². The van der Waals surface area contributed by atoms with Gasteiger partial charge in [-0.15, -0.1) is 6.58 Å². The third kappa shape index (κ3) is 6.26. The average Bonchev–Trinajstić information content (AvgIpc) is 3.55. The van der Waals surface area contributed by atoms with Gasteiger partial charge in [-0.3, -0.25) is 4.79 Å². The lowest BCUT2D eigenvalue weighted by Gasteiger charge is -2.23. The van der Waals surface area contributed by atoms with Crippen LogP contribution in [0.25, 0.3) is 0 Å². The molecule has 196 valence electrons. The smallest absolute Gasteiger partial charge is 0.254 e. The van der Waals surface area contributed by atoms with E-state index in [9.17, 15) is 17.6 Å². The highest BCUT2D eigenvalue weighted by atomic mass is 32.2. The van der Waals surface area contributed by atoms with Crippen LogP contribution in [0.4, 0.5) is 4.39 Å². The average molecular weight is 528 g/mol. The zero-order valence-corrected chi connectivity index (χ0v) is 21.5. The number of nitrogens with zero attached hydrogens (tertiary/aromatic N) is 3. The molecule has 1 fully saturated rings. The van der Waals surface area contributed by atoms with Gasteiger partial charge in [-0.05, 0) is 43.2 Å². The van der Waals surface area contributed by atoms with Crippen molar-refractivity contribution < 1.29 is 27.1 Å². The summed E-state index contributed by atoms with van der Waals surface area (Å²) in [6.45, 7) is 4.97. The monoisotopic (exact) mass is 527 g/mol. The van der Waals surface area contributed by atoms with Crippen LogP contribution in [-0.4, -0.2) is 55.1 Å². The number of rotatable bonds is 11. The Labute approximate surface area is 216 Å². The number of methoxy groups -OCH3 is 1. The normalized spacial score (nSPS) is 15.5. The Balaban J connectivity index is 1.66. The van der Waals surface area contributed by atoms with Crippen molar-refractivity contribution in [3.05, 3.63) is 90.0 Å². The number of imidazole rings is 1. The van der Waals surface area contributed by atoms with E-state index < -0.39 is 21.4 Å². The quantitative estimate of drug-likeness (QED) is 0.350. The maximum Gasteiger partial charge on any atom is 0.254 e. The Morgan fingerprint density at radius 3 is 2.68 bits per heavy atom. The molecule has 0 bridgehead atoms. The van der Waals surface area contributed by atoms with Gasteiger partial charge < -0.3 is 18.9 Å². The van der Waals surface area contributed by atoms with E-state index in [-0.39, 0.29) is 42.4 Å². The Bertz CT molecular complexity index is 1350. The molecule has 1 aromatic heterocycles. The molecule has 0 saturated carbocycles. The number of aromatic nitrogens is 2. The number of sulfone groups is 1. The summed E-state index contributed by atoms with van der Waals surface area (Å²) in [4.78, 5) is 19.1. The van der Waals surface area contributed by atoms with Gasteiger partial charge in [-0.1, -0.05) is 24.3 Å². The van der Waals surface area contributed by atoms with Crippen LogP contribution in [0.15, 0.2) is 72.5 Å². The number of amides is 1. The van der Waals surface area contributed by atoms with Crippen LogP contribution in [0, 0.1) is 5.82 Å². The molecule has 10 heteroatoms. The first-order chi connectivity index (χ1) is 17.8. The molecule has 1 aliphatic rings. The molecule has 0 aliphatic carbocycles. The maximum absolute atomic E-state index is 14.3. The summed E-state index contributed by atoms with van der Waals surface area (Å²) < 4.78 is 53.6. The third-order valence-corrected chi connectivity index (χ3v) is 7.79. The van der Waals surface area contributed by atoms with Gasteiger partial charge in [-0.2, -0.15) is 0 Å². The second-order valence-electron chi connectivity index (χ2n) is 8.83. The molecule has 2 heterocycles. The fourth-order valence-corrected chi connectivity index (χ4v) is 5.84. The van der Waals surface area contributed by atoms with Gasteiger partial charge in [0, 0.05) is 24.3 Å². The lowest BCUT2D eigenvalue weighted by atomic mass is 10.2. The summed E-state index contributed by atoms with van der Waals surface area (Å²) in [5.74, 6) is -0.733. The van der Waals surface area contributed by atoms with Crippen LogP contribution in [0.3, 0.4) is 0 Å². The molecule has 37 heavy (non-hydrogen) atoms. The molecule has 2 aromatic carbocycles. The van der Waals surface area contributed by atoms with E-state index in [0.29, 0.717) is 23.6 Å². The second kappa shape index (κ2) is 11.7. The highest BCUT2D eigenvalue weighted by Gasteiger charge is 2.29. The first kappa shape index (κ1) is 26.6. The first-order valence-corrected chi connectivity index (χ1v) is 13.6. The zero-order valence-electron chi connectivity index (χ0n) is 20.7. The summed E-state index contributed by atoms with van der Waals surface area (Å²) in [5.41, 5.74) is 1.06. The van der Waals surface area contributed by atoms with E-state index in [4.69, 9.17) is 9.47 Å². The van der Waals surface area contributed by atoms with E-state index in [1.54, 1.807) is 53.0 Å². The van der Waals surface area contributed by atoms with Crippen LogP contribution in [-0.2, 0) is 33.4 Å². The second-order valence-corrected chi connectivity index (χ2v) is 10.7. The minimum atomic E-state index is -4.00. The van der Waals surface area contributed by atoms with Crippen molar-refractivity contribution in [1.82, 2.24) is 14.5 Å². The number of hydrogen-bond acceptors (Lipinski definition) is 6. The van der Waals surface area contributed by atoms with Crippen molar-refractivity contribution in [1.29, 1.82) is 0 Å². The summed E-state index contributed by atoms with van der Waals surface area (Å²) in [5, 5.41) is -0.170. The van der Waals surface area contributed by atoms with Gasteiger partial charge in [0.25, 0.3) is 5.91 Å². The van der Waals surface area contributed by atoms with Crippen molar-refractivity contribution in [2.75, 3.05) is 20.3 Å². The predicted molar refractivity (Wildman–Crippen MR) is 136 cm³/mol. The van der Waals surface area contributed by atoms with Crippen LogP contribution in [0.2, 0.25) is 0 Å². The molecule has 1 saturated heterocycles. The van der Waals surface area contributed by atoms with E-state index >= 15 is 0 Å². The molecule has 4 rings (SSSR count). The highest BCUT2D eigenvalue weighted by Crippen LogP contribution is 2.24. The Hall–Kier alpha value is -3.50. The van der Waals surface area contributed by atoms with Crippen molar-refractivity contribution in [2.45, 2.75) is 42.9 Å². The standard InChI is InChI=1S/C27H30FN3O5S/c1-3-14-30(26(32)20-10-12-23(35-2)13-11-20)17-22-16-29-27(31(22)18-24-8-6-15-36-24)37(33,34)19-21-7-4-5-9-25(21)28/h3-5,7,9-13,16,24H,1,6,8,14-15,17-19H2,2H3. The number of hydrogen-bond donors (Lipinski definition) is 0. The van der Waals surface area contributed by atoms with E-state index in [1.165, 1.54) is 24.4 Å². The molecule has 0 spiro atoms. The summed E-state index contributed by atoms with van der Waals surface area (Å²) in [7, 11) is -2.45.